The van der Waals surface area contributed by atoms with E-state index in [1.165, 1.54) is 18.8 Å². The van der Waals surface area contributed by atoms with Gasteiger partial charge >= 0.3 is 0 Å². The molecule has 0 aliphatic heterocycles. The van der Waals surface area contributed by atoms with E-state index in [-0.39, 0.29) is 5.56 Å². The van der Waals surface area contributed by atoms with Crippen molar-refractivity contribution in [2.24, 2.45) is 7.05 Å². The number of fused-ring (bicyclic) bond motifs is 1. The van der Waals surface area contributed by atoms with E-state index < -0.39 is 0 Å². The van der Waals surface area contributed by atoms with Crippen molar-refractivity contribution in [3.63, 3.8) is 0 Å². The molecule has 0 amide bonds. The molecule has 7 heteroatoms. The van der Waals surface area contributed by atoms with Crippen molar-refractivity contribution in [3.05, 3.63) is 51.0 Å². The van der Waals surface area contributed by atoms with E-state index >= 15 is 0 Å². The van der Waals surface area contributed by atoms with Crippen LogP contribution in [-0.4, -0.2) is 23.8 Å². The zero-order valence-electron chi connectivity index (χ0n) is 13.3. The first kappa shape index (κ1) is 16.6. The molecule has 0 saturated carbocycles. The van der Waals surface area contributed by atoms with Crippen molar-refractivity contribution in [2.75, 3.05) is 14.2 Å². The standard InChI is InChI=1S/C17H14Cl2N2O3/c1-21-11(6-9-8-20-5-4-10(9)17(21)22)14-15(18)12(23-2)7-13(24-3)16(14)19/h4-8H,1-3H3. The van der Waals surface area contributed by atoms with Gasteiger partial charge in [-0.1, -0.05) is 23.2 Å². The molecular formula is C17H14Cl2N2O3. The number of benzene rings is 1. The molecular weight excluding hydrogens is 351 g/mol. The topological polar surface area (TPSA) is 53.4 Å². The van der Waals surface area contributed by atoms with Gasteiger partial charge in [0.2, 0.25) is 0 Å². The van der Waals surface area contributed by atoms with Gasteiger partial charge in [0.25, 0.3) is 5.56 Å². The Kier molecular flexibility index (Phi) is 4.39. The Morgan fingerprint density at radius 2 is 1.71 bits per heavy atom. The second-order valence-corrected chi connectivity index (χ2v) is 5.90. The fourth-order valence-corrected chi connectivity index (χ4v) is 3.30. The zero-order valence-corrected chi connectivity index (χ0v) is 14.8. The minimum Gasteiger partial charge on any atom is -0.495 e. The van der Waals surface area contributed by atoms with Crippen LogP contribution in [0.5, 0.6) is 11.5 Å². The molecule has 0 aliphatic carbocycles. The smallest absolute Gasteiger partial charge is 0.258 e. The maximum absolute atomic E-state index is 12.6. The molecule has 0 unspecified atom stereocenters. The summed E-state index contributed by atoms with van der Waals surface area (Å²) in [5.74, 6) is 0.818. The minimum atomic E-state index is -0.168. The van der Waals surface area contributed by atoms with Crippen molar-refractivity contribution < 1.29 is 9.47 Å². The lowest BCUT2D eigenvalue weighted by molar-refractivity contribution is 0.395. The Bertz CT molecular complexity index is 971. The van der Waals surface area contributed by atoms with Crippen LogP contribution in [-0.2, 0) is 7.05 Å². The second kappa shape index (κ2) is 6.34. The molecule has 5 nitrogen and oxygen atoms in total. The summed E-state index contributed by atoms with van der Waals surface area (Å²) in [4.78, 5) is 16.7. The summed E-state index contributed by atoms with van der Waals surface area (Å²) in [6.07, 6.45) is 3.21. The van der Waals surface area contributed by atoms with Crippen LogP contribution in [0, 0.1) is 0 Å². The van der Waals surface area contributed by atoms with Crippen LogP contribution >= 0.6 is 23.2 Å². The molecule has 0 aliphatic rings. The number of methoxy groups -OCH3 is 2. The summed E-state index contributed by atoms with van der Waals surface area (Å²) in [5, 5.41) is 1.88. The molecule has 24 heavy (non-hydrogen) atoms. The van der Waals surface area contributed by atoms with E-state index in [1.54, 1.807) is 31.6 Å². The van der Waals surface area contributed by atoms with Gasteiger partial charge in [0.15, 0.2) is 0 Å². The first-order chi connectivity index (χ1) is 11.5. The summed E-state index contributed by atoms with van der Waals surface area (Å²) in [5.41, 5.74) is 0.853. The second-order valence-electron chi connectivity index (χ2n) is 5.14. The summed E-state index contributed by atoms with van der Waals surface area (Å²) in [6, 6.07) is 5.10. The molecule has 3 rings (SSSR count). The van der Waals surface area contributed by atoms with Gasteiger partial charge in [0.1, 0.15) is 11.5 Å². The first-order valence-electron chi connectivity index (χ1n) is 7.03. The molecule has 0 spiro atoms. The predicted octanol–water partition coefficient (Wildman–Crippen LogP) is 3.92. The Balaban J connectivity index is 2.44. The highest BCUT2D eigenvalue weighted by Crippen LogP contribution is 2.45. The fraction of sp³-hybridized carbons (Fsp3) is 0.176. The summed E-state index contributed by atoms with van der Waals surface area (Å²) >= 11 is 12.9. The third kappa shape index (κ3) is 2.50. The van der Waals surface area contributed by atoms with Crippen molar-refractivity contribution >= 4 is 34.0 Å². The summed E-state index contributed by atoms with van der Waals surface area (Å²) in [6.45, 7) is 0. The minimum absolute atomic E-state index is 0.168. The molecule has 2 aromatic heterocycles. The first-order valence-corrected chi connectivity index (χ1v) is 7.79. The Labute approximate surface area is 148 Å². The number of hydrogen-bond acceptors (Lipinski definition) is 4. The van der Waals surface area contributed by atoms with Crippen molar-refractivity contribution in [3.8, 4) is 22.8 Å². The SMILES string of the molecule is COc1cc(OC)c(Cl)c(-c2cc3cnccc3c(=O)n2C)c1Cl. The number of pyridine rings is 2. The molecule has 0 radical (unpaired) electrons. The van der Waals surface area contributed by atoms with Gasteiger partial charge in [-0.15, -0.1) is 0 Å². The van der Waals surface area contributed by atoms with Crippen LogP contribution in [0.3, 0.4) is 0 Å². The third-order valence-corrected chi connectivity index (χ3v) is 4.62. The molecule has 1 aromatic carbocycles. The van der Waals surface area contributed by atoms with Crippen LogP contribution in [0.15, 0.2) is 35.4 Å². The number of rotatable bonds is 3. The lowest BCUT2D eigenvalue weighted by Gasteiger charge is -2.17. The van der Waals surface area contributed by atoms with Gasteiger partial charge in [-0.2, -0.15) is 0 Å². The van der Waals surface area contributed by atoms with E-state index in [0.29, 0.717) is 43.6 Å². The van der Waals surface area contributed by atoms with E-state index in [2.05, 4.69) is 4.98 Å². The highest BCUT2D eigenvalue weighted by molar-refractivity contribution is 6.41. The fourth-order valence-electron chi connectivity index (χ4n) is 2.60. The monoisotopic (exact) mass is 364 g/mol. The molecule has 0 fully saturated rings. The molecule has 0 saturated heterocycles. The molecule has 124 valence electrons. The third-order valence-electron chi connectivity index (χ3n) is 3.87. The van der Waals surface area contributed by atoms with Crippen molar-refractivity contribution in [1.29, 1.82) is 0 Å². The average molecular weight is 365 g/mol. The summed E-state index contributed by atoms with van der Waals surface area (Å²) < 4.78 is 12.1. The quantitative estimate of drug-likeness (QED) is 0.706. The number of ether oxygens (including phenoxy) is 2. The lowest BCUT2D eigenvalue weighted by Crippen LogP contribution is -2.18. The molecule has 2 heterocycles. The number of hydrogen-bond donors (Lipinski definition) is 0. The zero-order chi connectivity index (χ0) is 17.4. The molecule has 0 N–H and O–H groups in total. The Morgan fingerprint density at radius 3 is 2.29 bits per heavy atom. The Morgan fingerprint density at radius 1 is 1.08 bits per heavy atom. The molecule has 0 bridgehead atoms. The van der Waals surface area contributed by atoms with Crippen LogP contribution in [0.2, 0.25) is 10.0 Å². The van der Waals surface area contributed by atoms with E-state index in [0.717, 1.165) is 0 Å². The van der Waals surface area contributed by atoms with Gasteiger partial charge in [0.05, 0.1) is 35.3 Å². The largest absolute Gasteiger partial charge is 0.495 e. The molecule has 0 atom stereocenters. The van der Waals surface area contributed by atoms with Gasteiger partial charge in [-0.3, -0.25) is 9.78 Å². The molecule has 3 aromatic rings. The van der Waals surface area contributed by atoms with Crippen LogP contribution in [0.25, 0.3) is 22.0 Å². The van der Waals surface area contributed by atoms with Gasteiger partial charge in [-0.05, 0) is 12.1 Å². The maximum Gasteiger partial charge on any atom is 0.258 e. The number of aromatic nitrogens is 2. The van der Waals surface area contributed by atoms with Gasteiger partial charge < -0.3 is 14.0 Å². The van der Waals surface area contributed by atoms with Crippen LogP contribution in [0.4, 0.5) is 0 Å². The number of nitrogens with zero attached hydrogens (tertiary/aromatic N) is 2. The highest BCUT2D eigenvalue weighted by atomic mass is 35.5. The number of halogens is 2. The van der Waals surface area contributed by atoms with Crippen LogP contribution in [0.1, 0.15) is 0 Å². The average Bonchev–Trinajstić information content (AvgIpc) is 2.59. The lowest BCUT2D eigenvalue weighted by atomic mass is 10.1. The van der Waals surface area contributed by atoms with E-state index in [1.807, 2.05) is 6.07 Å². The van der Waals surface area contributed by atoms with E-state index in [4.69, 9.17) is 32.7 Å². The normalized spacial score (nSPS) is 10.9. The Hall–Kier alpha value is -2.24. The van der Waals surface area contributed by atoms with Crippen molar-refractivity contribution in [2.45, 2.75) is 0 Å². The van der Waals surface area contributed by atoms with E-state index in [9.17, 15) is 4.79 Å². The van der Waals surface area contributed by atoms with Crippen molar-refractivity contribution in [1.82, 2.24) is 9.55 Å². The highest BCUT2D eigenvalue weighted by Gasteiger charge is 2.21. The van der Waals surface area contributed by atoms with Gasteiger partial charge in [-0.25, -0.2) is 0 Å². The predicted molar refractivity (Wildman–Crippen MR) is 95.5 cm³/mol. The van der Waals surface area contributed by atoms with Gasteiger partial charge in [0, 0.05) is 36.5 Å². The van der Waals surface area contributed by atoms with Crippen LogP contribution < -0.4 is 15.0 Å². The summed E-state index contributed by atoms with van der Waals surface area (Å²) in [7, 11) is 4.67. The maximum atomic E-state index is 12.6.